The molecule has 28 heavy (non-hydrogen) atoms. The van der Waals surface area contributed by atoms with Crippen molar-refractivity contribution in [2.24, 2.45) is 5.92 Å². The second-order valence-corrected chi connectivity index (χ2v) is 7.62. The summed E-state index contributed by atoms with van der Waals surface area (Å²) in [6, 6.07) is 16.3. The standard InChI is InChI=1S/C24H25NO3/c1-4-28-24(27)25-22-8-6-5-7-18(22)21-13-19(16(3)26)20(14-23(21)25)17-11-9-15(2)10-12-17/h5-12,19-20H,4,13-14H2,1-3H3/t19-,20+/m0/s1. The van der Waals surface area contributed by atoms with Crippen molar-refractivity contribution >= 4 is 22.8 Å². The first-order valence-electron chi connectivity index (χ1n) is 9.86. The highest BCUT2D eigenvalue weighted by molar-refractivity contribution is 5.95. The van der Waals surface area contributed by atoms with Gasteiger partial charge >= 0.3 is 6.09 Å². The minimum atomic E-state index is -0.344. The first-order chi connectivity index (χ1) is 13.5. The lowest BCUT2D eigenvalue weighted by molar-refractivity contribution is -0.121. The summed E-state index contributed by atoms with van der Waals surface area (Å²) in [5, 5.41) is 1.04. The molecule has 1 aliphatic rings. The third kappa shape index (κ3) is 3.03. The third-order valence-electron chi connectivity index (χ3n) is 5.89. The maximum absolute atomic E-state index is 12.8. The Morgan fingerprint density at radius 3 is 2.46 bits per heavy atom. The molecule has 2 atom stereocenters. The Labute approximate surface area is 165 Å². The number of aromatic nitrogens is 1. The van der Waals surface area contributed by atoms with Gasteiger partial charge in [-0.15, -0.1) is 0 Å². The number of hydrogen-bond acceptors (Lipinski definition) is 3. The number of benzene rings is 2. The van der Waals surface area contributed by atoms with Gasteiger partial charge in [-0.3, -0.25) is 4.79 Å². The highest BCUT2D eigenvalue weighted by atomic mass is 16.5. The number of carbonyl (C=O) groups is 2. The Morgan fingerprint density at radius 1 is 1.07 bits per heavy atom. The van der Waals surface area contributed by atoms with Crippen LogP contribution in [0.4, 0.5) is 4.79 Å². The molecule has 4 heteroatoms. The van der Waals surface area contributed by atoms with Crippen LogP contribution in [-0.2, 0) is 22.4 Å². The van der Waals surface area contributed by atoms with Crippen molar-refractivity contribution in [1.82, 2.24) is 4.57 Å². The van der Waals surface area contributed by atoms with E-state index in [2.05, 4.69) is 31.2 Å². The zero-order valence-corrected chi connectivity index (χ0v) is 16.6. The van der Waals surface area contributed by atoms with E-state index in [0.717, 1.165) is 27.7 Å². The van der Waals surface area contributed by atoms with E-state index in [4.69, 9.17) is 4.74 Å². The topological polar surface area (TPSA) is 48.3 Å². The summed E-state index contributed by atoms with van der Waals surface area (Å²) in [6.07, 6.45) is 0.954. The number of Topliss-reactive ketones (excluding diaryl/α,β-unsaturated/α-hetero) is 1. The van der Waals surface area contributed by atoms with Crippen LogP contribution < -0.4 is 0 Å². The Hall–Kier alpha value is -2.88. The molecule has 4 nitrogen and oxygen atoms in total. The highest BCUT2D eigenvalue weighted by Crippen LogP contribution is 2.42. The van der Waals surface area contributed by atoms with Gasteiger partial charge in [-0.05, 0) is 56.7 Å². The van der Waals surface area contributed by atoms with Crippen molar-refractivity contribution in [3.63, 3.8) is 0 Å². The average Bonchev–Trinajstić information content (AvgIpc) is 3.01. The Balaban J connectivity index is 1.89. The molecule has 1 heterocycles. The molecule has 0 saturated heterocycles. The van der Waals surface area contributed by atoms with Crippen LogP contribution in [0, 0.1) is 12.8 Å². The van der Waals surface area contributed by atoms with Crippen LogP contribution in [-0.4, -0.2) is 23.1 Å². The second kappa shape index (κ2) is 7.27. The van der Waals surface area contributed by atoms with Gasteiger partial charge in [-0.25, -0.2) is 9.36 Å². The summed E-state index contributed by atoms with van der Waals surface area (Å²) >= 11 is 0. The van der Waals surface area contributed by atoms with E-state index < -0.39 is 0 Å². The van der Waals surface area contributed by atoms with E-state index in [0.29, 0.717) is 19.4 Å². The Kier molecular flexibility index (Phi) is 4.80. The third-order valence-corrected chi connectivity index (χ3v) is 5.89. The first kappa shape index (κ1) is 18.5. The first-order valence-corrected chi connectivity index (χ1v) is 9.86. The molecule has 0 saturated carbocycles. The summed E-state index contributed by atoms with van der Waals surface area (Å²) in [6.45, 7) is 5.89. The predicted molar refractivity (Wildman–Crippen MR) is 110 cm³/mol. The Bertz CT molecular complexity index is 1050. The van der Waals surface area contributed by atoms with E-state index >= 15 is 0 Å². The molecule has 0 fully saturated rings. The molecule has 3 aromatic rings. The SMILES string of the molecule is CCOC(=O)n1c2c(c3ccccc31)C[C@@H](C(C)=O)[C@@H](c1ccc(C)cc1)C2. The molecule has 4 rings (SSSR count). The average molecular weight is 375 g/mol. The summed E-state index contributed by atoms with van der Waals surface area (Å²) in [7, 11) is 0. The lowest BCUT2D eigenvalue weighted by Crippen LogP contribution is -2.30. The number of rotatable bonds is 3. The van der Waals surface area contributed by atoms with Crippen LogP contribution in [0.15, 0.2) is 48.5 Å². The van der Waals surface area contributed by atoms with Gasteiger partial charge in [-0.1, -0.05) is 48.0 Å². The van der Waals surface area contributed by atoms with Crippen LogP contribution >= 0.6 is 0 Å². The summed E-state index contributed by atoms with van der Waals surface area (Å²) < 4.78 is 7.06. The number of hydrogen-bond donors (Lipinski definition) is 0. The molecule has 2 aromatic carbocycles. The summed E-state index contributed by atoms with van der Waals surface area (Å²) in [4.78, 5) is 25.3. The van der Waals surface area contributed by atoms with E-state index in [9.17, 15) is 9.59 Å². The molecule has 0 N–H and O–H groups in total. The molecular weight excluding hydrogens is 350 g/mol. The fraction of sp³-hybridized carbons (Fsp3) is 0.333. The van der Waals surface area contributed by atoms with Gasteiger partial charge in [0.2, 0.25) is 0 Å². The molecule has 0 unspecified atom stereocenters. The van der Waals surface area contributed by atoms with Crippen molar-refractivity contribution in [3.8, 4) is 0 Å². The van der Waals surface area contributed by atoms with Gasteiger partial charge in [0.1, 0.15) is 5.78 Å². The minimum absolute atomic E-state index is 0.0584. The smallest absolute Gasteiger partial charge is 0.418 e. The predicted octanol–water partition coefficient (Wildman–Crippen LogP) is 5.04. The zero-order valence-electron chi connectivity index (χ0n) is 16.6. The van der Waals surface area contributed by atoms with Crippen molar-refractivity contribution in [2.45, 2.75) is 39.5 Å². The van der Waals surface area contributed by atoms with Crippen LogP contribution in [0.5, 0.6) is 0 Å². The number of nitrogens with zero attached hydrogens (tertiary/aromatic N) is 1. The number of ether oxygens (including phenoxy) is 1. The number of aryl methyl sites for hydroxylation is 1. The van der Waals surface area contributed by atoms with Crippen molar-refractivity contribution < 1.29 is 14.3 Å². The van der Waals surface area contributed by atoms with Crippen molar-refractivity contribution in [3.05, 3.63) is 70.9 Å². The molecule has 1 aliphatic carbocycles. The van der Waals surface area contributed by atoms with E-state index in [1.54, 1.807) is 11.5 Å². The number of ketones is 1. The molecule has 0 aliphatic heterocycles. The molecule has 1 aromatic heterocycles. The number of carbonyl (C=O) groups excluding carboxylic acids is 2. The normalized spacial score (nSPS) is 18.7. The lowest BCUT2D eigenvalue weighted by atomic mass is 9.72. The molecule has 0 radical (unpaired) electrons. The molecule has 0 spiro atoms. The van der Waals surface area contributed by atoms with Gasteiger partial charge in [0.25, 0.3) is 0 Å². The van der Waals surface area contributed by atoms with Crippen LogP contribution in [0.1, 0.15) is 42.1 Å². The van der Waals surface area contributed by atoms with Crippen LogP contribution in [0.3, 0.4) is 0 Å². The van der Waals surface area contributed by atoms with Crippen LogP contribution in [0.25, 0.3) is 10.9 Å². The number of para-hydroxylation sites is 1. The fourth-order valence-electron chi connectivity index (χ4n) is 4.50. The van der Waals surface area contributed by atoms with E-state index in [1.807, 2.05) is 31.2 Å². The fourth-order valence-corrected chi connectivity index (χ4v) is 4.50. The largest absolute Gasteiger partial charge is 0.449 e. The highest BCUT2D eigenvalue weighted by Gasteiger charge is 2.37. The number of fused-ring (bicyclic) bond motifs is 3. The van der Waals surface area contributed by atoms with E-state index in [-0.39, 0.29) is 23.7 Å². The van der Waals surface area contributed by atoms with Gasteiger partial charge in [-0.2, -0.15) is 0 Å². The minimum Gasteiger partial charge on any atom is -0.449 e. The molecular formula is C24H25NO3. The molecule has 0 bridgehead atoms. The second-order valence-electron chi connectivity index (χ2n) is 7.62. The van der Waals surface area contributed by atoms with Gasteiger partial charge in [0, 0.05) is 17.0 Å². The monoisotopic (exact) mass is 375 g/mol. The zero-order chi connectivity index (χ0) is 19.8. The van der Waals surface area contributed by atoms with Crippen LogP contribution in [0.2, 0.25) is 0 Å². The lowest BCUT2D eigenvalue weighted by Gasteiger charge is -2.31. The Morgan fingerprint density at radius 2 is 1.79 bits per heavy atom. The van der Waals surface area contributed by atoms with Gasteiger partial charge in [0.15, 0.2) is 0 Å². The molecule has 0 amide bonds. The molecule has 144 valence electrons. The summed E-state index contributed by atoms with van der Waals surface area (Å²) in [5.74, 6) is 0.170. The van der Waals surface area contributed by atoms with E-state index in [1.165, 1.54) is 5.56 Å². The van der Waals surface area contributed by atoms with Crippen molar-refractivity contribution in [1.29, 1.82) is 0 Å². The maximum atomic E-state index is 12.8. The van der Waals surface area contributed by atoms with Gasteiger partial charge < -0.3 is 4.74 Å². The van der Waals surface area contributed by atoms with Crippen molar-refractivity contribution in [2.75, 3.05) is 6.61 Å². The van der Waals surface area contributed by atoms with Gasteiger partial charge in [0.05, 0.1) is 12.1 Å². The maximum Gasteiger partial charge on any atom is 0.418 e. The summed E-state index contributed by atoms with van der Waals surface area (Å²) in [5.41, 5.74) is 5.28. The quantitative estimate of drug-likeness (QED) is 0.644.